The number of carbonyl (C=O) groups excluding carboxylic acids is 1. The number of thiophene rings is 1. The molecule has 0 atom stereocenters. The normalized spacial score (nSPS) is 10.7. The first kappa shape index (κ1) is 15.7. The van der Waals surface area contributed by atoms with Gasteiger partial charge in [-0.3, -0.25) is 4.79 Å². The predicted octanol–water partition coefficient (Wildman–Crippen LogP) is 4.42. The van der Waals surface area contributed by atoms with Crippen LogP contribution in [0.15, 0.2) is 30.3 Å². The lowest BCUT2D eigenvalue weighted by molar-refractivity contribution is 0.0790. The summed E-state index contributed by atoms with van der Waals surface area (Å²) in [6.45, 7) is 4.69. The number of halogens is 1. The van der Waals surface area contributed by atoms with Crippen molar-refractivity contribution in [3.8, 4) is 0 Å². The van der Waals surface area contributed by atoms with Crippen LogP contribution in [-0.2, 0) is 13.0 Å². The van der Waals surface area contributed by atoms with Crippen molar-refractivity contribution in [1.29, 1.82) is 0 Å². The standard InChI is InChI=1S/C17H20FNOS/c1-4-5-14-10-16(21-12(14)2)17(20)19(3)11-13-6-8-15(18)9-7-13/h6-10H,4-5,11H2,1-3H3. The summed E-state index contributed by atoms with van der Waals surface area (Å²) < 4.78 is 12.9. The number of hydrogen-bond donors (Lipinski definition) is 0. The summed E-state index contributed by atoms with van der Waals surface area (Å²) in [6.07, 6.45) is 2.09. The van der Waals surface area contributed by atoms with E-state index in [4.69, 9.17) is 0 Å². The van der Waals surface area contributed by atoms with Crippen LogP contribution in [-0.4, -0.2) is 17.9 Å². The zero-order valence-electron chi connectivity index (χ0n) is 12.6. The van der Waals surface area contributed by atoms with Crippen LogP contribution in [0, 0.1) is 12.7 Å². The summed E-state index contributed by atoms with van der Waals surface area (Å²) in [5, 5.41) is 0. The Morgan fingerprint density at radius 3 is 2.57 bits per heavy atom. The van der Waals surface area contributed by atoms with E-state index in [1.165, 1.54) is 22.6 Å². The van der Waals surface area contributed by atoms with Crippen LogP contribution >= 0.6 is 11.3 Å². The fourth-order valence-electron chi connectivity index (χ4n) is 2.27. The van der Waals surface area contributed by atoms with Gasteiger partial charge in [-0.25, -0.2) is 4.39 Å². The topological polar surface area (TPSA) is 20.3 Å². The van der Waals surface area contributed by atoms with E-state index in [0.717, 1.165) is 23.3 Å². The summed E-state index contributed by atoms with van der Waals surface area (Å²) in [4.78, 5) is 16.1. The SMILES string of the molecule is CCCc1cc(C(=O)N(C)Cc2ccc(F)cc2)sc1C. The fraction of sp³-hybridized carbons (Fsp3) is 0.353. The minimum Gasteiger partial charge on any atom is -0.337 e. The molecule has 0 aliphatic rings. The molecule has 0 aliphatic heterocycles. The summed E-state index contributed by atoms with van der Waals surface area (Å²) in [7, 11) is 1.78. The summed E-state index contributed by atoms with van der Waals surface area (Å²) in [5.41, 5.74) is 2.19. The predicted molar refractivity (Wildman–Crippen MR) is 85.2 cm³/mol. The first-order valence-electron chi connectivity index (χ1n) is 7.10. The van der Waals surface area contributed by atoms with Crippen molar-refractivity contribution in [2.24, 2.45) is 0 Å². The average molecular weight is 305 g/mol. The molecule has 21 heavy (non-hydrogen) atoms. The van der Waals surface area contributed by atoms with E-state index in [1.54, 1.807) is 35.4 Å². The molecule has 0 aliphatic carbocycles. The van der Waals surface area contributed by atoms with E-state index in [9.17, 15) is 9.18 Å². The van der Waals surface area contributed by atoms with E-state index >= 15 is 0 Å². The van der Waals surface area contributed by atoms with Gasteiger partial charge in [0, 0.05) is 18.5 Å². The van der Waals surface area contributed by atoms with E-state index < -0.39 is 0 Å². The average Bonchev–Trinajstić information content (AvgIpc) is 2.82. The summed E-state index contributed by atoms with van der Waals surface area (Å²) >= 11 is 1.55. The molecular formula is C17H20FNOS. The van der Waals surface area contributed by atoms with Crippen LogP contribution in [0.4, 0.5) is 4.39 Å². The maximum Gasteiger partial charge on any atom is 0.263 e. The molecule has 2 nitrogen and oxygen atoms in total. The van der Waals surface area contributed by atoms with Crippen LogP contribution in [0.5, 0.6) is 0 Å². The number of hydrogen-bond acceptors (Lipinski definition) is 2. The van der Waals surface area contributed by atoms with Gasteiger partial charge in [-0.05, 0) is 42.7 Å². The number of carbonyl (C=O) groups is 1. The Labute approximate surface area is 129 Å². The van der Waals surface area contributed by atoms with Gasteiger partial charge < -0.3 is 4.90 Å². The minimum atomic E-state index is -0.259. The van der Waals surface area contributed by atoms with Crippen molar-refractivity contribution >= 4 is 17.2 Å². The Balaban J connectivity index is 2.08. The molecule has 2 rings (SSSR count). The Kier molecular flexibility index (Phi) is 5.12. The highest BCUT2D eigenvalue weighted by Crippen LogP contribution is 2.24. The Morgan fingerprint density at radius 1 is 1.29 bits per heavy atom. The molecule has 0 bridgehead atoms. The third kappa shape index (κ3) is 3.91. The molecule has 0 N–H and O–H groups in total. The molecule has 1 aromatic heterocycles. The van der Waals surface area contributed by atoms with Crippen LogP contribution in [0.2, 0.25) is 0 Å². The molecule has 0 unspecified atom stereocenters. The van der Waals surface area contributed by atoms with E-state index in [0.29, 0.717) is 6.54 Å². The molecule has 1 aromatic carbocycles. The second-order valence-electron chi connectivity index (χ2n) is 5.23. The largest absolute Gasteiger partial charge is 0.337 e. The minimum absolute atomic E-state index is 0.0229. The third-order valence-electron chi connectivity index (χ3n) is 3.43. The van der Waals surface area contributed by atoms with Gasteiger partial charge in [0.05, 0.1) is 4.88 Å². The molecule has 2 aromatic rings. The van der Waals surface area contributed by atoms with Crippen molar-refractivity contribution < 1.29 is 9.18 Å². The first-order valence-corrected chi connectivity index (χ1v) is 7.92. The summed E-state index contributed by atoms with van der Waals surface area (Å²) in [5.74, 6) is -0.236. The van der Waals surface area contributed by atoms with Crippen molar-refractivity contribution in [2.75, 3.05) is 7.05 Å². The van der Waals surface area contributed by atoms with Gasteiger partial charge in [0.25, 0.3) is 5.91 Å². The monoisotopic (exact) mass is 305 g/mol. The highest BCUT2D eigenvalue weighted by molar-refractivity contribution is 7.14. The quantitative estimate of drug-likeness (QED) is 0.800. The molecule has 0 fully saturated rings. The second kappa shape index (κ2) is 6.85. The fourth-order valence-corrected chi connectivity index (χ4v) is 3.33. The summed E-state index contributed by atoms with van der Waals surface area (Å²) in [6, 6.07) is 8.26. The molecule has 0 saturated carbocycles. The second-order valence-corrected chi connectivity index (χ2v) is 6.49. The highest BCUT2D eigenvalue weighted by atomic mass is 32.1. The van der Waals surface area contributed by atoms with Gasteiger partial charge in [-0.2, -0.15) is 0 Å². The van der Waals surface area contributed by atoms with Gasteiger partial charge >= 0.3 is 0 Å². The van der Waals surface area contributed by atoms with E-state index in [1.807, 2.05) is 6.07 Å². The lowest BCUT2D eigenvalue weighted by Gasteiger charge is -2.16. The molecule has 0 saturated heterocycles. The maximum absolute atomic E-state index is 12.9. The highest BCUT2D eigenvalue weighted by Gasteiger charge is 2.16. The molecule has 0 radical (unpaired) electrons. The van der Waals surface area contributed by atoms with Gasteiger partial charge in [-0.15, -0.1) is 11.3 Å². The number of amides is 1. The van der Waals surface area contributed by atoms with Gasteiger partial charge in [-0.1, -0.05) is 25.5 Å². The molecule has 0 spiro atoms. The van der Waals surface area contributed by atoms with Crippen molar-refractivity contribution in [1.82, 2.24) is 4.90 Å². The Morgan fingerprint density at radius 2 is 1.95 bits per heavy atom. The maximum atomic E-state index is 12.9. The number of aryl methyl sites for hydroxylation is 2. The Bertz CT molecular complexity index is 618. The zero-order chi connectivity index (χ0) is 15.4. The van der Waals surface area contributed by atoms with Crippen LogP contribution in [0.1, 0.15) is 39.0 Å². The zero-order valence-corrected chi connectivity index (χ0v) is 13.5. The molecular weight excluding hydrogens is 285 g/mol. The van der Waals surface area contributed by atoms with Crippen molar-refractivity contribution in [3.63, 3.8) is 0 Å². The van der Waals surface area contributed by atoms with Crippen molar-refractivity contribution in [3.05, 3.63) is 57.0 Å². The van der Waals surface area contributed by atoms with E-state index in [2.05, 4.69) is 13.8 Å². The van der Waals surface area contributed by atoms with Gasteiger partial charge in [0.15, 0.2) is 0 Å². The number of benzene rings is 1. The van der Waals surface area contributed by atoms with Crippen LogP contribution in [0.25, 0.3) is 0 Å². The van der Waals surface area contributed by atoms with Crippen LogP contribution < -0.4 is 0 Å². The molecule has 4 heteroatoms. The van der Waals surface area contributed by atoms with Gasteiger partial charge in [0.1, 0.15) is 5.82 Å². The van der Waals surface area contributed by atoms with Crippen LogP contribution in [0.3, 0.4) is 0 Å². The number of nitrogens with zero attached hydrogens (tertiary/aromatic N) is 1. The van der Waals surface area contributed by atoms with E-state index in [-0.39, 0.29) is 11.7 Å². The molecule has 112 valence electrons. The lowest BCUT2D eigenvalue weighted by Crippen LogP contribution is -2.25. The smallest absolute Gasteiger partial charge is 0.263 e. The first-order chi connectivity index (χ1) is 10.0. The van der Waals surface area contributed by atoms with Gasteiger partial charge in [0.2, 0.25) is 0 Å². The Hall–Kier alpha value is -1.68. The number of rotatable bonds is 5. The molecule has 1 amide bonds. The lowest BCUT2D eigenvalue weighted by atomic mass is 10.1. The third-order valence-corrected chi connectivity index (χ3v) is 4.51. The van der Waals surface area contributed by atoms with Crippen molar-refractivity contribution in [2.45, 2.75) is 33.2 Å². The molecule has 1 heterocycles.